The van der Waals surface area contributed by atoms with Crippen LogP contribution in [0.25, 0.3) is 0 Å². The van der Waals surface area contributed by atoms with Gasteiger partial charge >= 0.3 is 0 Å². The van der Waals surface area contributed by atoms with Gasteiger partial charge in [0, 0.05) is 50.6 Å². The summed E-state index contributed by atoms with van der Waals surface area (Å²) in [6.45, 7) is 31.2. The molecular formula is C42H65F2N5O2. The standard InChI is InChI=1S/C42H65F2N5O2/c1-28-25-37(49(27-28)32(5)39(35-21-17-14-18-22-35)46-33(6)51-41(7,8)9)40(50)47-36(23-24-42(10,43)44)29(2)26-30(3)45-38(31(4)48(11)12)34-19-15-13-16-20-34/h13,15-16,19-20,28,35-39,45-46H,2-6,14,17-18,21-27H2,1,7-12H3,(H,47,50)/t28-,36?,37?,38?,39?/m1/s1. The number of nitrogens with zero attached hydrogens (tertiary/aromatic N) is 2. The molecule has 0 radical (unpaired) electrons. The summed E-state index contributed by atoms with van der Waals surface area (Å²) >= 11 is 0. The van der Waals surface area contributed by atoms with Gasteiger partial charge in [0.15, 0.2) is 5.88 Å². The summed E-state index contributed by atoms with van der Waals surface area (Å²) in [6, 6.07) is 8.37. The monoisotopic (exact) mass is 710 g/mol. The van der Waals surface area contributed by atoms with E-state index in [1.54, 1.807) is 0 Å². The number of carbonyl (C=O) groups is 1. The van der Waals surface area contributed by atoms with E-state index in [0.717, 1.165) is 49.6 Å². The van der Waals surface area contributed by atoms with Crippen LogP contribution in [-0.2, 0) is 9.53 Å². The average Bonchev–Trinajstić information content (AvgIpc) is 3.44. The number of carbonyl (C=O) groups excluding carboxylic acids is 1. The molecule has 7 nitrogen and oxygen atoms in total. The number of alkyl halides is 2. The largest absolute Gasteiger partial charge is 0.474 e. The Bertz CT molecular complexity index is 1370. The molecule has 0 aromatic heterocycles. The Hall–Kier alpha value is -3.75. The SMILES string of the molecule is C=C(CC(=C)C(CCC(C)(F)F)NC(=O)C1C[C@@H](C)CN1C(=C)C(NC(=C)OC(C)(C)C)C1CCCCC1)NC(C(=C)N(C)C)c1ccccc1. The van der Waals surface area contributed by atoms with Gasteiger partial charge in [-0.25, -0.2) is 8.78 Å². The van der Waals surface area contributed by atoms with Crippen molar-refractivity contribution < 1.29 is 18.3 Å². The minimum absolute atomic E-state index is 0.0489. The van der Waals surface area contributed by atoms with E-state index in [4.69, 9.17) is 4.74 Å². The van der Waals surface area contributed by atoms with Crippen molar-refractivity contribution in [2.75, 3.05) is 20.6 Å². The molecule has 4 unspecified atom stereocenters. The van der Waals surface area contributed by atoms with E-state index < -0.39 is 23.6 Å². The van der Waals surface area contributed by atoms with E-state index in [0.29, 0.717) is 42.5 Å². The van der Waals surface area contributed by atoms with Crippen LogP contribution in [-0.4, -0.2) is 66.0 Å². The zero-order chi connectivity index (χ0) is 38.1. The lowest BCUT2D eigenvalue weighted by molar-refractivity contribution is -0.125. The Morgan fingerprint density at radius 1 is 0.980 bits per heavy atom. The Kier molecular flexibility index (Phi) is 14.8. The summed E-state index contributed by atoms with van der Waals surface area (Å²) in [5, 5.41) is 10.2. The smallest absolute Gasteiger partial charge is 0.245 e. The molecule has 1 aromatic carbocycles. The van der Waals surface area contributed by atoms with E-state index >= 15 is 0 Å². The third-order valence-corrected chi connectivity index (χ3v) is 9.92. The molecule has 1 amide bonds. The second kappa shape index (κ2) is 18.1. The number of hydrogen-bond donors (Lipinski definition) is 3. The molecule has 0 bridgehead atoms. The van der Waals surface area contributed by atoms with Gasteiger partial charge in [-0.05, 0) is 82.9 Å². The van der Waals surface area contributed by atoms with Gasteiger partial charge in [-0.3, -0.25) is 4.79 Å². The third kappa shape index (κ3) is 13.1. The van der Waals surface area contributed by atoms with Gasteiger partial charge in [-0.2, -0.15) is 0 Å². The van der Waals surface area contributed by atoms with Crippen LogP contribution >= 0.6 is 0 Å². The first-order chi connectivity index (χ1) is 23.8. The summed E-state index contributed by atoms with van der Waals surface area (Å²) in [5.41, 5.74) is 3.55. The average molecular weight is 710 g/mol. The Morgan fingerprint density at radius 2 is 1.61 bits per heavy atom. The molecule has 3 rings (SSSR count). The van der Waals surface area contributed by atoms with Crippen LogP contribution in [0.3, 0.4) is 0 Å². The van der Waals surface area contributed by atoms with E-state index in [2.05, 4.69) is 60.7 Å². The number of hydrogen-bond acceptors (Lipinski definition) is 6. The number of nitrogens with one attached hydrogen (secondary N) is 3. The first-order valence-electron chi connectivity index (χ1n) is 18.6. The maximum absolute atomic E-state index is 14.2. The highest BCUT2D eigenvalue weighted by atomic mass is 19.3. The van der Waals surface area contributed by atoms with E-state index in [9.17, 15) is 13.6 Å². The third-order valence-electron chi connectivity index (χ3n) is 9.92. The Morgan fingerprint density at radius 3 is 2.18 bits per heavy atom. The Labute approximate surface area is 307 Å². The molecule has 3 N–H and O–H groups in total. The molecule has 1 aromatic rings. The van der Waals surface area contributed by atoms with Crippen LogP contribution in [0.2, 0.25) is 0 Å². The maximum Gasteiger partial charge on any atom is 0.245 e. The van der Waals surface area contributed by atoms with Gasteiger partial charge in [0.05, 0.1) is 18.1 Å². The molecule has 1 heterocycles. The minimum atomic E-state index is -2.89. The van der Waals surface area contributed by atoms with Crippen LogP contribution < -0.4 is 16.0 Å². The molecular weight excluding hydrogens is 644 g/mol. The van der Waals surface area contributed by atoms with Crippen molar-refractivity contribution in [1.82, 2.24) is 25.8 Å². The molecule has 1 aliphatic heterocycles. The highest BCUT2D eigenvalue weighted by Gasteiger charge is 2.40. The predicted octanol–water partition coefficient (Wildman–Crippen LogP) is 8.82. The molecule has 2 fully saturated rings. The first-order valence-corrected chi connectivity index (χ1v) is 18.6. The fraction of sp³-hybridized carbons (Fsp3) is 0.595. The van der Waals surface area contributed by atoms with Crippen molar-refractivity contribution in [3.63, 3.8) is 0 Å². The first kappa shape index (κ1) is 41.7. The zero-order valence-electron chi connectivity index (χ0n) is 32.4. The van der Waals surface area contributed by atoms with E-state index in [1.807, 2.05) is 70.1 Å². The fourth-order valence-electron chi connectivity index (χ4n) is 7.26. The molecule has 9 heteroatoms. The number of halogens is 2. The Balaban J connectivity index is 1.80. The van der Waals surface area contributed by atoms with Gasteiger partial charge in [-0.15, -0.1) is 0 Å². The topological polar surface area (TPSA) is 68.9 Å². The summed E-state index contributed by atoms with van der Waals surface area (Å²) in [6.07, 6.45) is 6.19. The van der Waals surface area contributed by atoms with Crippen molar-refractivity contribution in [3.05, 3.63) is 97.3 Å². The van der Waals surface area contributed by atoms with Crippen LogP contribution in [0.4, 0.5) is 8.78 Å². The number of amides is 1. The summed E-state index contributed by atoms with van der Waals surface area (Å²) < 4.78 is 34.5. The molecule has 5 atom stereocenters. The van der Waals surface area contributed by atoms with Crippen molar-refractivity contribution in [2.45, 2.75) is 128 Å². The van der Waals surface area contributed by atoms with Gasteiger partial charge in [-0.1, -0.05) is 82.8 Å². The van der Waals surface area contributed by atoms with Crippen LogP contribution in [0.15, 0.2) is 91.8 Å². The maximum atomic E-state index is 14.2. The molecule has 1 saturated carbocycles. The van der Waals surface area contributed by atoms with E-state index in [-0.39, 0.29) is 36.8 Å². The zero-order valence-corrected chi connectivity index (χ0v) is 32.4. The number of rotatable bonds is 19. The highest BCUT2D eigenvalue weighted by Crippen LogP contribution is 2.35. The van der Waals surface area contributed by atoms with Crippen molar-refractivity contribution in [3.8, 4) is 0 Å². The molecule has 1 saturated heterocycles. The van der Waals surface area contributed by atoms with Gasteiger partial charge < -0.3 is 30.5 Å². The lowest BCUT2D eigenvalue weighted by Crippen LogP contribution is -2.51. The van der Waals surface area contributed by atoms with Crippen molar-refractivity contribution in [1.29, 1.82) is 0 Å². The second-order valence-electron chi connectivity index (χ2n) is 16.1. The fourth-order valence-corrected chi connectivity index (χ4v) is 7.26. The molecule has 284 valence electrons. The van der Waals surface area contributed by atoms with Crippen LogP contribution in [0, 0.1) is 11.8 Å². The lowest BCUT2D eigenvalue weighted by Gasteiger charge is -2.39. The second-order valence-corrected chi connectivity index (χ2v) is 16.1. The summed E-state index contributed by atoms with van der Waals surface area (Å²) in [5.74, 6) is -2.04. The molecule has 51 heavy (non-hydrogen) atoms. The number of likely N-dealkylation sites (N-methyl/N-ethyl adjacent to an activating group) is 1. The summed E-state index contributed by atoms with van der Waals surface area (Å²) in [4.78, 5) is 18.3. The van der Waals surface area contributed by atoms with Gasteiger partial charge in [0.25, 0.3) is 0 Å². The van der Waals surface area contributed by atoms with Crippen molar-refractivity contribution in [2.24, 2.45) is 11.8 Å². The van der Waals surface area contributed by atoms with Gasteiger partial charge in [0.1, 0.15) is 11.6 Å². The normalized spacial score (nSPS) is 20.1. The number of ether oxygens (including phenoxy) is 1. The number of benzene rings is 1. The molecule has 0 spiro atoms. The summed E-state index contributed by atoms with van der Waals surface area (Å²) in [7, 11) is 3.87. The quantitative estimate of drug-likeness (QED) is 0.0986. The predicted molar refractivity (Wildman–Crippen MR) is 207 cm³/mol. The number of allylic oxidation sites excluding steroid dienone is 1. The lowest BCUT2D eigenvalue weighted by atomic mass is 9.82. The number of likely N-dealkylation sites (tertiary alicyclic amines) is 1. The van der Waals surface area contributed by atoms with Crippen molar-refractivity contribution >= 4 is 5.91 Å². The van der Waals surface area contributed by atoms with Crippen LogP contribution in [0.5, 0.6) is 0 Å². The highest BCUT2D eigenvalue weighted by molar-refractivity contribution is 5.83. The van der Waals surface area contributed by atoms with Gasteiger partial charge in [0.2, 0.25) is 11.8 Å². The molecule has 1 aliphatic carbocycles. The minimum Gasteiger partial charge on any atom is -0.474 e. The van der Waals surface area contributed by atoms with Crippen LogP contribution in [0.1, 0.15) is 104 Å². The molecule has 2 aliphatic rings. The van der Waals surface area contributed by atoms with E-state index in [1.165, 1.54) is 6.42 Å².